The zero-order chi connectivity index (χ0) is 12.8. The predicted molar refractivity (Wildman–Crippen MR) is 77.0 cm³/mol. The molecule has 98 valence electrons. The van der Waals surface area contributed by atoms with E-state index in [2.05, 4.69) is 30.6 Å². The Morgan fingerprint density at radius 1 is 1.56 bits per heavy atom. The van der Waals surface area contributed by atoms with Crippen LogP contribution in [0.15, 0.2) is 12.1 Å². The van der Waals surface area contributed by atoms with Crippen molar-refractivity contribution in [1.82, 2.24) is 10.2 Å². The van der Waals surface area contributed by atoms with Crippen molar-refractivity contribution in [1.29, 1.82) is 0 Å². The van der Waals surface area contributed by atoms with E-state index in [1.54, 1.807) is 11.3 Å². The zero-order valence-corrected chi connectivity index (χ0v) is 12.4. The lowest BCUT2D eigenvalue weighted by Crippen LogP contribution is -2.36. The van der Waals surface area contributed by atoms with Gasteiger partial charge < -0.3 is 4.90 Å². The summed E-state index contributed by atoms with van der Waals surface area (Å²) in [6, 6.07) is 4.27. The molecule has 3 rings (SSSR count). The van der Waals surface area contributed by atoms with Crippen LogP contribution in [0.3, 0.4) is 0 Å². The molecular weight excluding hydrogens is 264 g/mol. The third kappa shape index (κ3) is 2.19. The maximum absolute atomic E-state index is 12.0. The SMILES string of the molecule is CSC1(CN2C(=O)CNC2c2ccc(C)s2)CC1. The zero-order valence-electron chi connectivity index (χ0n) is 10.7. The number of thioether (sulfide) groups is 1. The van der Waals surface area contributed by atoms with Gasteiger partial charge in [0.25, 0.3) is 0 Å². The van der Waals surface area contributed by atoms with Crippen molar-refractivity contribution >= 4 is 29.0 Å². The Morgan fingerprint density at radius 2 is 2.33 bits per heavy atom. The summed E-state index contributed by atoms with van der Waals surface area (Å²) >= 11 is 3.69. The summed E-state index contributed by atoms with van der Waals surface area (Å²) in [4.78, 5) is 16.6. The molecule has 18 heavy (non-hydrogen) atoms. The number of hydrogen-bond acceptors (Lipinski definition) is 4. The van der Waals surface area contributed by atoms with Gasteiger partial charge >= 0.3 is 0 Å². The molecule has 1 N–H and O–H groups in total. The summed E-state index contributed by atoms with van der Waals surface area (Å²) in [6.07, 6.45) is 4.74. The summed E-state index contributed by atoms with van der Waals surface area (Å²) in [5.41, 5.74) is 0. The summed E-state index contributed by atoms with van der Waals surface area (Å²) in [5, 5.41) is 3.34. The van der Waals surface area contributed by atoms with E-state index in [9.17, 15) is 4.79 Å². The van der Waals surface area contributed by atoms with Gasteiger partial charge in [0.05, 0.1) is 6.54 Å². The number of rotatable bonds is 4. The third-order valence-corrected chi connectivity index (χ3v) is 6.26. The van der Waals surface area contributed by atoms with Crippen LogP contribution in [0, 0.1) is 6.92 Å². The van der Waals surface area contributed by atoms with Gasteiger partial charge in [-0.1, -0.05) is 0 Å². The lowest BCUT2D eigenvalue weighted by molar-refractivity contribution is -0.128. The molecule has 0 bridgehead atoms. The first-order valence-electron chi connectivity index (χ1n) is 6.28. The van der Waals surface area contributed by atoms with Gasteiger partial charge in [0.15, 0.2) is 0 Å². The Bertz CT molecular complexity index is 467. The fourth-order valence-electron chi connectivity index (χ4n) is 2.45. The molecule has 1 aliphatic carbocycles. The van der Waals surface area contributed by atoms with E-state index in [1.807, 2.05) is 16.7 Å². The fraction of sp³-hybridized carbons (Fsp3) is 0.615. The first-order valence-corrected chi connectivity index (χ1v) is 8.32. The summed E-state index contributed by atoms with van der Waals surface area (Å²) in [6.45, 7) is 3.48. The van der Waals surface area contributed by atoms with Crippen molar-refractivity contribution < 1.29 is 4.79 Å². The molecule has 0 radical (unpaired) electrons. The van der Waals surface area contributed by atoms with E-state index in [0.29, 0.717) is 11.3 Å². The minimum atomic E-state index is 0.0980. The van der Waals surface area contributed by atoms with Crippen LogP contribution in [0.4, 0.5) is 0 Å². The van der Waals surface area contributed by atoms with Gasteiger partial charge in [-0.15, -0.1) is 11.3 Å². The van der Waals surface area contributed by atoms with Gasteiger partial charge in [-0.25, -0.2) is 0 Å². The predicted octanol–water partition coefficient (Wildman–Crippen LogP) is 2.38. The summed E-state index contributed by atoms with van der Waals surface area (Å²) in [7, 11) is 0. The second-order valence-corrected chi connectivity index (χ2v) is 7.73. The van der Waals surface area contributed by atoms with E-state index in [4.69, 9.17) is 0 Å². The molecule has 1 saturated heterocycles. The van der Waals surface area contributed by atoms with E-state index < -0.39 is 0 Å². The van der Waals surface area contributed by atoms with Crippen LogP contribution in [-0.4, -0.2) is 34.9 Å². The van der Waals surface area contributed by atoms with Crippen LogP contribution in [0.2, 0.25) is 0 Å². The lowest BCUT2D eigenvalue weighted by Gasteiger charge is -2.27. The summed E-state index contributed by atoms with van der Waals surface area (Å²) < 4.78 is 0.340. The molecule has 1 aromatic heterocycles. The fourth-order valence-corrected chi connectivity index (χ4v) is 4.20. The Balaban J connectivity index is 1.79. The number of hydrogen-bond donors (Lipinski definition) is 1. The molecule has 1 unspecified atom stereocenters. The van der Waals surface area contributed by atoms with Crippen LogP contribution in [0.1, 0.15) is 28.8 Å². The van der Waals surface area contributed by atoms with Crippen LogP contribution < -0.4 is 5.32 Å². The molecule has 1 saturated carbocycles. The quantitative estimate of drug-likeness (QED) is 0.920. The number of amides is 1. The molecule has 1 amide bonds. The van der Waals surface area contributed by atoms with Crippen molar-refractivity contribution in [3.63, 3.8) is 0 Å². The first-order chi connectivity index (χ1) is 8.63. The number of nitrogens with one attached hydrogen (secondary N) is 1. The second-order valence-electron chi connectivity index (χ2n) is 5.14. The highest BCUT2D eigenvalue weighted by molar-refractivity contribution is 8.00. The first kappa shape index (κ1) is 12.5. The second kappa shape index (κ2) is 4.54. The molecule has 3 nitrogen and oxygen atoms in total. The maximum Gasteiger partial charge on any atom is 0.238 e. The lowest BCUT2D eigenvalue weighted by atomic mass is 10.3. The molecule has 5 heteroatoms. The van der Waals surface area contributed by atoms with Crippen LogP contribution >= 0.6 is 23.1 Å². The monoisotopic (exact) mass is 282 g/mol. The molecule has 1 aromatic rings. The molecule has 2 heterocycles. The molecule has 2 aliphatic rings. The molecule has 0 spiro atoms. The van der Waals surface area contributed by atoms with Crippen LogP contribution in [-0.2, 0) is 4.79 Å². The van der Waals surface area contributed by atoms with E-state index >= 15 is 0 Å². The smallest absolute Gasteiger partial charge is 0.238 e. The van der Waals surface area contributed by atoms with Crippen molar-refractivity contribution in [2.75, 3.05) is 19.3 Å². The highest BCUT2D eigenvalue weighted by atomic mass is 32.2. The topological polar surface area (TPSA) is 32.3 Å². The Labute approximate surface area is 116 Å². The van der Waals surface area contributed by atoms with Gasteiger partial charge in [-0.3, -0.25) is 10.1 Å². The van der Waals surface area contributed by atoms with Gasteiger partial charge in [-0.05, 0) is 38.2 Å². The standard InChI is InChI=1S/C13H18N2OS2/c1-9-3-4-10(18-9)12-14-7-11(16)15(12)8-13(17-2)5-6-13/h3-4,12,14H,5-8H2,1-2H3. The van der Waals surface area contributed by atoms with Crippen molar-refractivity contribution in [2.24, 2.45) is 0 Å². The average molecular weight is 282 g/mol. The highest BCUT2D eigenvalue weighted by Gasteiger charge is 2.47. The Hall–Kier alpha value is -0.520. The number of aryl methyl sites for hydroxylation is 1. The van der Waals surface area contributed by atoms with Crippen LogP contribution in [0.5, 0.6) is 0 Å². The third-order valence-electron chi connectivity index (χ3n) is 3.81. The summed E-state index contributed by atoms with van der Waals surface area (Å²) in [5.74, 6) is 0.242. The Kier molecular flexibility index (Phi) is 3.16. The molecule has 0 aromatic carbocycles. The van der Waals surface area contributed by atoms with Gasteiger partial charge in [-0.2, -0.15) is 11.8 Å². The largest absolute Gasteiger partial charge is 0.320 e. The Morgan fingerprint density at radius 3 is 2.89 bits per heavy atom. The van der Waals surface area contributed by atoms with Crippen LogP contribution in [0.25, 0.3) is 0 Å². The van der Waals surface area contributed by atoms with Gasteiger partial charge in [0, 0.05) is 21.0 Å². The average Bonchev–Trinajstić information content (AvgIpc) is 2.87. The number of carbonyl (C=O) groups is 1. The minimum Gasteiger partial charge on any atom is -0.320 e. The minimum absolute atomic E-state index is 0.0980. The maximum atomic E-state index is 12.0. The van der Waals surface area contributed by atoms with Crippen molar-refractivity contribution in [3.05, 3.63) is 21.9 Å². The van der Waals surface area contributed by atoms with Gasteiger partial charge in [0.2, 0.25) is 5.91 Å². The normalized spacial score (nSPS) is 25.8. The van der Waals surface area contributed by atoms with Crippen molar-refractivity contribution in [3.8, 4) is 0 Å². The number of thiophene rings is 1. The van der Waals surface area contributed by atoms with E-state index in [1.165, 1.54) is 22.6 Å². The molecule has 1 atom stereocenters. The number of nitrogens with zero attached hydrogens (tertiary/aromatic N) is 1. The molecule has 2 fully saturated rings. The van der Waals surface area contributed by atoms with Gasteiger partial charge in [0.1, 0.15) is 6.17 Å². The van der Waals surface area contributed by atoms with E-state index in [0.717, 1.165) is 6.54 Å². The van der Waals surface area contributed by atoms with E-state index in [-0.39, 0.29) is 12.1 Å². The van der Waals surface area contributed by atoms with Crippen molar-refractivity contribution in [2.45, 2.75) is 30.7 Å². The molecular formula is C13H18N2OS2. The number of carbonyl (C=O) groups excluding carboxylic acids is 1. The molecule has 1 aliphatic heterocycles. The highest BCUT2D eigenvalue weighted by Crippen LogP contribution is 2.48.